The van der Waals surface area contributed by atoms with E-state index in [1.165, 1.54) is 12.1 Å². The molecule has 0 spiro atoms. The van der Waals surface area contributed by atoms with Crippen molar-refractivity contribution in [3.63, 3.8) is 0 Å². The molecule has 1 nitrogen and oxygen atoms in total. The average molecular weight is 387 g/mol. The van der Waals surface area contributed by atoms with Crippen molar-refractivity contribution in [3.8, 4) is 0 Å². The lowest BCUT2D eigenvalue weighted by Gasteiger charge is -2.33. The van der Waals surface area contributed by atoms with E-state index < -0.39 is 42.6 Å². The minimum absolute atomic E-state index is 0.174. The molecule has 0 aliphatic heterocycles. The summed E-state index contributed by atoms with van der Waals surface area (Å²) in [6.07, 6.45) is -10.4. The van der Waals surface area contributed by atoms with Crippen molar-refractivity contribution in [3.05, 3.63) is 34.9 Å². The average Bonchev–Trinajstić information content (AvgIpc) is 2.44. The maximum atomic E-state index is 13.3. The van der Waals surface area contributed by atoms with Crippen molar-refractivity contribution in [1.82, 2.24) is 0 Å². The predicted octanol–water partition coefficient (Wildman–Crippen LogP) is 5.77. The Balaban J connectivity index is 2.92. The summed E-state index contributed by atoms with van der Waals surface area (Å²) in [6, 6.07) is 4.48. The van der Waals surface area contributed by atoms with Crippen molar-refractivity contribution < 1.29 is 44.3 Å². The van der Waals surface area contributed by atoms with Crippen molar-refractivity contribution in [2.24, 2.45) is 0 Å². The van der Waals surface area contributed by atoms with Gasteiger partial charge in [0.25, 0.3) is 0 Å². The number of carbonyl (C=O) groups excluding carboxylic acids is 1. The van der Waals surface area contributed by atoms with Gasteiger partial charge in [0.2, 0.25) is 0 Å². The van der Waals surface area contributed by atoms with Gasteiger partial charge >= 0.3 is 23.9 Å². The summed E-state index contributed by atoms with van der Waals surface area (Å²) in [5.41, 5.74) is -0.235. The molecule has 11 heteroatoms. The Morgan fingerprint density at radius 1 is 0.833 bits per heavy atom. The van der Waals surface area contributed by atoms with Crippen LogP contribution in [0, 0.1) is 0 Å². The first-order valence-electron chi connectivity index (χ1n) is 6.12. The van der Waals surface area contributed by atoms with Gasteiger partial charge in [-0.05, 0) is 24.3 Å². The molecule has 1 aromatic carbocycles. The summed E-state index contributed by atoms with van der Waals surface area (Å²) in [6.45, 7) is 0. The van der Waals surface area contributed by atoms with Crippen LogP contribution in [0.5, 0.6) is 0 Å². The van der Waals surface area contributed by atoms with Gasteiger partial charge in [0.05, 0.1) is 0 Å². The molecule has 0 radical (unpaired) electrons. The van der Waals surface area contributed by atoms with Gasteiger partial charge in [-0.1, -0.05) is 11.6 Å². The molecule has 136 valence electrons. The van der Waals surface area contributed by atoms with E-state index in [2.05, 4.69) is 0 Å². The molecular weight excluding hydrogens is 379 g/mol. The molecule has 0 saturated heterocycles. The lowest BCUT2D eigenvalue weighted by atomic mass is 9.97. The highest BCUT2D eigenvalue weighted by molar-refractivity contribution is 6.30. The van der Waals surface area contributed by atoms with Gasteiger partial charge in [-0.15, -0.1) is 0 Å². The third-order valence-corrected chi connectivity index (χ3v) is 3.29. The summed E-state index contributed by atoms with van der Waals surface area (Å²) in [7, 11) is 0. The molecule has 0 unspecified atom stereocenters. The molecule has 1 rings (SSSR count). The van der Waals surface area contributed by atoms with Crippen molar-refractivity contribution in [1.29, 1.82) is 0 Å². The van der Waals surface area contributed by atoms with Gasteiger partial charge < -0.3 is 0 Å². The SMILES string of the molecule is O=C(CCC(F)(F)C(F)(F)C(F)(F)C(F)(F)F)c1ccc(Cl)cc1. The van der Waals surface area contributed by atoms with Crippen LogP contribution >= 0.6 is 11.6 Å². The summed E-state index contributed by atoms with van der Waals surface area (Å²) >= 11 is 5.50. The second-order valence-electron chi connectivity index (χ2n) is 4.78. The van der Waals surface area contributed by atoms with Crippen LogP contribution in [0.1, 0.15) is 23.2 Å². The van der Waals surface area contributed by atoms with Crippen LogP contribution in [0.3, 0.4) is 0 Å². The fourth-order valence-electron chi connectivity index (χ4n) is 1.62. The van der Waals surface area contributed by atoms with E-state index in [9.17, 15) is 44.3 Å². The predicted molar refractivity (Wildman–Crippen MR) is 65.9 cm³/mol. The van der Waals surface area contributed by atoms with Gasteiger partial charge in [-0.25, -0.2) is 0 Å². The third-order valence-electron chi connectivity index (χ3n) is 3.04. The number of rotatable bonds is 6. The van der Waals surface area contributed by atoms with E-state index >= 15 is 0 Å². The second-order valence-corrected chi connectivity index (χ2v) is 5.22. The molecule has 0 heterocycles. The van der Waals surface area contributed by atoms with Crippen LogP contribution in [0.15, 0.2) is 24.3 Å². The topological polar surface area (TPSA) is 17.1 Å². The zero-order valence-electron chi connectivity index (χ0n) is 11.4. The quantitative estimate of drug-likeness (QED) is 0.448. The number of benzene rings is 1. The maximum absolute atomic E-state index is 13.3. The number of hydrogen-bond acceptors (Lipinski definition) is 1. The number of ketones is 1. The fraction of sp³-hybridized carbons (Fsp3) is 0.462. The Kier molecular flexibility index (Phi) is 5.54. The van der Waals surface area contributed by atoms with E-state index in [1.54, 1.807) is 0 Å². The summed E-state index contributed by atoms with van der Waals surface area (Å²) in [5, 5.41) is 0.174. The number of hydrogen-bond donors (Lipinski definition) is 0. The first-order valence-corrected chi connectivity index (χ1v) is 6.50. The van der Waals surface area contributed by atoms with Gasteiger partial charge in [-0.2, -0.15) is 39.5 Å². The smallest absolute Gasteiger partial charge is 0.294 e. The first-order chi connectivity index (χ1) is 10.6. The molecule has 0 aliphatic rings. The monoisotopic (exact) mass is 386 g/mol. The van der Waals surface area contributed by atoms with Gasteiger partial charge in [0, 0.05) is 23.4 Å². The number of halogens is 10. The third kappa shape index (κ3) is 3.79. The Bertz CT molecular complexity index is 592. The Morgan fingerprint density at radius 2 is 1.29 bits per heavy atom. The van der Waals surface area contributed by atoms with Crippen LogP contribution < -0.4 is 0 Å². The molecule has 24 heavy (non-hydrogen) atoms. The van der Waals surface area contributed by atoms with Crippen molar-refractivity contribution in [2.45, 2.75) is 36.8 Å². The highest BCUT2D eigenvalue weighted by atomic mass is 35.5. The molecule has 0 amide bonds. The lowest BCUT2D eigenvalue weighted by Crippen LogP contribution is -2.60. The van der Waals surface area contributed by atoms with Crippen molar-refractivity contribution >= 4 is 17.4 Å². The Hall–Kier alpha value is -1.45. The molecule has 0 atom stereocenters. The number of Topliss-reactive ketones (excluding diaryl/α,β-unsaturated/α-hetero) is 1. The molecule has 0 saturated carbocycles. The standard InChI is InChI=1S/C13H8ClF9O/c14-8-3-1-7(2-4-8)9(24)5-6-10(15,16)11(17,18)12(19,20)13(21,22)23/h1-4H,5-6H2. The molecular formula is C13H8ClF9O. The Labute approximate surface area is 134 Å². The lowest BCUT2D eigenvalue weighted by molar-refractivity contribution is -0.396. The van der Waals surface area contributed by atoms with E-state index in [0.717, 1.165) is 12.1 Å². The van der Waals surface area contributed by atoms with Crippen LogP contribution in [0.2, 0.25) is 5.02 Å². The van der Waals surface area contributed by atoms with E-state index in [1.807, 2.05) is 0 Å². The van der Waals surface area contributed by atoms with E-state index in [0.29, 0.717) is 0 Å². The summed E-state index contributed by atoms with van der Waals surface area (Å²) in [5.74, 6) is -20.6. The molecule has 0 fully saturated rings. The Morgan fingerprint density at radius 3 is 1.71 bits per heavy atom. The zero-order valence-corrected chi connectivity index (χ0v) is 12.2. The summed E-state index contributed by atoms with van der Waals surface area (Å²) in [4.78, 5) is 11.5. The van der Waals surface area contributed by atoms with E-state index in [4.69, 9.17) is 11.6 Å². The molecule has 0 aromatic heterocycles. The number of alkyl halides is 9. The van der Waals surface area contributed by atoms with Crippen molar-refractivity contribution in [2.75, 3.05) is 0 Å². The van der Waals surface area contributed by atoms with Gasteiger partial charge in [0.1, 0.15) is 0 Å². The van der Waals surface area contributed by atoms with Crippen LogP contribution in [-0.2, 0) is 0 Å². The van der Waals surface area contributed by atoms with Gasteiger partial charge in [0.15, 0.2) is 5.78 Å². The second kappa shape index (κ2) is 6.45. The summed E-state index contributed by atoms with van der Waals surface area (Å²) < 4.78 is 114. The highest BCUT2D eigenvalue weighted by Gasteiger charge is 2.81. The molecule has 0 bridgehead atoms. The molecule has 0 N–H and O–H groups in total. The van der Waals surface area contributed by atoms with Crippen LogP contribution in [0.25, 0.3) is 0 Å². The first kappa shape index (κ1) is 20.6. The zero-order chi connectivity index (χ0) is 19.0. The molecule has 0 aliphatic carbocycles. The largest absolute Gasteiger partial charge is 0.460 e. The van der Waals surface area contributed by atoms with Gasteiger partial charge in [-0.3, -0.25) is 4.79 Å². The minimum atomic E-state index is -6.95. The molecule has 1 aromatic rings. The highest BCUT2D eigenvalue weighted by Crippen LogP contribution is 2.54. The maximum Gasteiger partial charge on any atom is 0.460 e. The van der Waals surface area contributed by atoms with Crippen LogP contribution in [0.4, 0.5) is 39.5 Å². The number of carbonyl (C=O) groups is 1. The van der Waals surface area contributed by atoms with Crippen LogP contribution in [-0.4, -0.2) is 29.7 Å². The normalized spacial score (nSPS) is 13.9. The van der Waals surface area contributed by atoms with E-state index in [-0.39, 0.29) is 10.6 Å². The fourth-order valence-corrected chi connectivity index (χ4v) is 1.74. The minimum Gasteiger partial charge on any atom is -0.294 e.